The molecular weight excluding hydrogens is 260 g/mol. The van der Waals surface area contributed by atoms with Gasteiger partial charge in [-0.25, -0.2) is 8.42 Å². The van der Waals surface area contributed by atoms with Crippen LogP contribution in [0.3, 0.4) is 0 Å². The minimum absolute atomic E-state index is 0.251. The molecule has 0 aliphatic carbocycles. The number of hydrogen-bond donors (Lipinski definition) is 1. The number of piperidine rings is 1. The van der Waals surface area contributed by atoms with E-state index in [0.717, 1.165) is 26.2 Å². The van der Waals surface area contributed by atoms with Crippen LogP contribution in [0.15, 0.2) is 0 Å². The van der Waals surface area contributed by atoms with Gasteiger partial charge in [0.05, 0.1) is 11.0 Å². The predicted molar refractivity (Wildman–Crippen MR) is 81.2 cm³/mol. The normalized spacial score (nSPS) is 22.0. The van der Waals surface area contributed by atoms with Crippen molar-refractivity contribution in [2.75, 3.05) is 38.5 Å². The van der Waals surface area contributed by atoms with Gasteiger partial charge in [-0.2, -0.15) is 0 Å². The van der Waals surface area contributed by atoms with Crippen molar-refractivity contribution in [3.63, 3.8) is 0 Å². The van der Waals surface area contributed by atoms with Gasteiger partial charge in [0.1, 0.15) is 0 Å². The van der Waals surface area contributed by atoms with Gasteiger partial charge in [-0.3, -0.25) is 0 Å². The Morgan fingerprint density at radius 2 is 2.11 bits per heavy atom. The highest BCUT2D eigenvalue weighted by molar-refractivity contribution is 7.92. The molecular formula is C14H30N2O2S. The molecule has 1 heterocycles. The molecule has 0 aromatic rings. The highest BCUT2D eigenvalue weighted by Gasteiger charge is 2.22. The van der Waals surface area contributed by atoms with Crippen LogP contribution in [0.25, 0.3) is 0 Å². The molecule has 0 amide bonds. The Morgan fingerprint density at radius 3 is 2.74 bits per heavy atom. The average molecular weight is 290 g/mol. The maximum atomic E-state index is 11.8. The lowest BCUT2D eigenvalue weighted by atomic mass is 9.98. The Labute approximate surface area is 118 Å². The van der Waals surface area contributed by atoms with E-state index in [-0.39, 0.29) is 5.25 Å². The number of rotatable bonds is 8. The highest BCUT2D eigenvalue weighted by atomic mass is 32.2. The molecule has 19 heavy (non-hydrogen) atoms. The molecule has 1 fully saturated rings. The molecule has 0 bridgehead atoms. The van der Waals surface area contributed by atoms with Gasteiger partial charge in [0, 0.05) is 13.1 Å². The summed E-state index contributed by atoms with van der Waals surface area (Å²) in [6.07, 6.45) is 3.63. The summed E-state index contributed by atoms with van der Waals surface area (Å²) in [5.74, 6) is 0.988. The molecule has 1 saturated heterocycles. The lowest BCUT2D eigenvalue weighted by Gasteiger charge is -2.33. The van der Waals surface area contributed by atoms with Crippen LogP contribution in [0.2, 0.25) is 0 Å². The fourth-order valence-electron chi connectivity index (χ4n) is 2.50. The van der Waals surface area contributed by atoms with E-state index in [1.165, 1.54) is 19.3 Å². The van der Waals surface area contributed by atoms with E-state index >= 15 is 0 Å². The van der Waals surface area contributed by atoms with E-state index < -0.39 is 9.84 Å². The Morgan fingerprint density at radius 1 is 1.37 bits per heavy atom. The zero-order valence-electron chi connectivity index (χ0n) is 12.7. The van der Waals surface area contributed by atoms with Crippen LogP contribution in [0, 0.1) is 5.92 Å². The summed E-state index contributed by atoms with van der Waals surface area (Å²) < 4.78 is 23.7. The van der Waals surface area contributed by atoms with Crippen molar-refractivity contribution in [1.82, 2.24) is 10.2 Å². The number of likely N-dealkylation sites (tertiary alicyclic amines) is 1. The lowest BCUT2D eigenvalue weighted by molar-refractivity contribution is 0.181. The third kappa shape index (κ3) is 6.23. The van der Waals surface area contributed by atoms with Crippen molar-refractivity contribution in [3.8, 4) is 0 Å². The molecule has 4 nitrogen and oxygen atoms in total. The van der Waals surface area contributed by atoms with Gasteiger partial charge in [0.25, 0.3) is 0 Å². The van der Waals surface area contributed by atoms with E-state index in [9.17, 15) is 8.42 Å². The molecule has 0 radical (unpaired) electrons. The van der Waals surface area contributed by atoms with Crippen LogP contribution in [0.1, 0.15) is 40.0 Å². The van der Waals surface area contributed by atoms with Crippen LogP contribution in [0.4, 0.5) is 0 Å². The van der Waals surface area contributed by atoms with Crippen LogP contribution in [-0.2, 0) is 9.84 Å². The number of sulfone groups is 1. The first-order valence-electron chi connectivity index (χ1n) is 7.60. The minimum atomic E-state index is -2.89. The predicted octanol–water partition coefficient (Wildman–Crippen LogP) is 1.52. The van der Waals surface area contributed by atoms with Gasteiger partial charge >= 0.3 is 0 Å². The van der Waals surface area contributed by atoms with Gasteiger partial charge in [0.15, 0.2) is 9.84 Å². The van der Waals surface area contributed by atoms with E-state index in [1.807, 2.05) is 0 Å². The zero-order valence-corrected chi connectivity index (χ0v) is 13.5. The molecule has 0 aromatic carbocycles. The molecule has 1 N–H and O–H groups in total. The van der Waals surface area contributed by atoms with Crippen molar-refractivity contribution >= 4 is 9.84 Å². The largest absolute Gasteiger partial charge is 0.316 e. The third-order valence-electron chi connectivity index (χ3n) is 3.87. The first-order valence-corrected chi connectivity index (χ1v) is 9.32. The fourth-order valence-corrected chi connectivity index (χ4v) is 3.48. The second-order valence-electron chi connectivity index (χ2n) is 5.93. The van der Waals surface area contributed by atoms with E-state index in [1.54, 1.807) is 13.8 Å². The summed E-state index contributed by atoms with van der Waals surface area (Å²) in [6, 6.07) is 0. The summed E-state index contributed by atoms with van der Waals surface area (Å²) in [6.45, 7) is 10.7. The first kappa shape index (κ1) is 16.9. The third-order valence-corrected chi connectivity index (χ3v) is 6.06. The van der Waals surface area contributed by atoms with Gasteiger partial charge in [-0.15, -0.1) is 0 Å². The molecule has 0 spiro atoms. The molecule has 1 aliphatic rings. The van der Waals surface area contributed by atoms with Gasteiger partial charge < -0.3 is 10.2 Å². The molecule has 0 aromatic heterocycles. The van der Waals surface area contributed by atoms with Gasteiger partial charge in [-0.05, 0) is 58.7 Å². The Balaban J connectivity index is 2.31. The van der Waals surface area contributed by atoms with Gasteiger partial charge in [-0.1, -0.05) is 6.92 Å². The Hall–Kier alpha value is -0.130. The molecule has 1 rings (SSSR count). The Bertz CT molecular complexity index is 341. The SMILES string of the molecule is CCCNCC1CCCN(CCS(=O)(=O)C(C)C)C1. The van der Waals surface area contributed by atoms with E-state index in [4.69, 9.17) is 0 Å². The smallest absolute Gasteiger partial charge is 0.153 e. The van der Waals surface area contributed by atoms with Crippen molar-refractivity contribution in [3.05, 3.63) is 0 Å². The summed E-state index contributed by atoms with van der Waals surface area (Å²) in [5.41, 5.74) is 0. The summed E-state index contributed by atoms with van der Waals surface area (Å²) in [4.78, 5) is 2.32. The second kappa shape index (κ2) is 8.22. The van der Waals surface area contributed by atoms with Crippen molar-refractivity contribution in [1.29, 1.82) is 0 Å². The molecule has 1 unspecified atom stereocenters. The van der Waals surface area contributed by atoms with Crippen LogP contribution in [-0.4, -0.2) is 57.0 Å². The monoisotopic (exact) mass is 290 g/mol. The van der Waals surface area contributed by atoms with Gasteiger partial charge in [0.2, 0.25) is 0 Å². The molecule has 0 saturated carbocycles. The first-order chi connectivity index (χ1) is 8.95. The molecule has 1 atom stereocenters. The zero-order chi connectivity index (χ0) is 14.3. The summed E-state index contributed by atoms with van der Waals surface area (Å²) in [5, 5.41) is 3.22. The van der Waals surface area contributed by atoms with E-state index in [0.29, 0.717) is 18.2 Å². The van der Waals surface area contributed by atoms with Crippen molar-refractivity contribution < 1.29 is 8.42 Å². The number of nitrogens with zero attached hydrogens (tertiary/aromatic N) is 1. The van der Waals surface area contributed by atoms with Crippen LogP contribution in [0.5, 0.6) is 0 Å². The number of hydrogen-bond acceptors (Lipinski definition) is 4. The molecule has 114 valence electrons. The van der Waals surface area contributed by atoms with Crippen LogP contribution < -0.4 is 5.32 Å². The Kier molecular flexibility index (Phi) is 7.32. The highest BCUT2D eigenvalue weighted by Crippen LogP contribution is 2.16. The van der Waals surface area contributed by atoms with Crippen molar-refractivity contribution in [2.45, 2.75) is 45.3 Å². The summed E-state index contributed by atoms with van der Waals surface area (Å²) >= 11 is 0. The standard InChI is InChI=1S/C14H30N2O2S/c1-4-7-15-11-14-6-5-8-16(12-14)9-10-19(17,18)13(2)3/h13-15H,4-12H2,1-3H3. The maximum absolute atomic E-state index is 11.8. The second-order valence-corrected chi connectivity index (χ2v) is 8.61. The van der Waals surface area contributed by atoms with Crippen LogP contribution >= 0.6 is 0 Å². The molecule has 5 heteroatoms. The van der Waals surface area contributed by atoms with E-state index in [2.05, 4.69) is 17.1 Å². The van der Waals surface area contributed by atoms with Crippen molar-refractivity contribution in [2.24, 2.45) is 5.92 Å². The minimum Gasteiger partial charge on any atom is -0.316 e. The maximum Gasteiger partial charge on any atom is 0.153 e. The number of nitrogens with one attached hydrogen (secondary N) is 1. The average Bonchev–Trinajstić information content (AvgIpc) is 2.37. The quantitative estimate of drug-likeness (QED) is 0.689. The topological polar surface area (TPSA) is 49.4 Å². The lowest BCUT2D eigenvalue weighted by Crippen LogP contribution is -2.42. The fraction of sp³-hybridized carbons (Fsp3) is 1.00. The summed E-state index contributed by atoms with van der Waals surface area (Å²) in [7, 11) is -2.89. The molecule has 1 aliphatic heterocycles.